The molecule has 1 N–H and O–H groups in total. The van der Waals surface area contributed by atoms with Gasteiger partial charge in [-0.2, -0.15) is 0 Å². The van der Waals surface area contributed by atoms with E-state index in [2.05, 4.69) is 5.32 Å². The van der Waals surface area contributed by atoms with E-state index in [1.807, 2.05) is 11.9 Å². The number of carbonyl (C=O) groups is 2. The first-order valence-electron chi connectivity index (χ1n) is 7.63. The monoisotopic (exact) mass is 268 g/mol. The highest BCUT2D eigenvalue weighted by atomic mass is 16.2. The summed E-state index contributed by atoms with van der Waals surface area (Å²) in [6, 6.07) is -0.271. The van der Waals surface area contributed by atoms with Crippen LogP contribution in [-0.4, -0.2) is 42.3 Å². The van der Waals surface area contributed by atoms with Gasteiger partial charge in [-0.05, 0) is 45.6 Å². The fourth-order valence-corrected chi connectivity index (χ4v) is 3.66. The van der Waals surface area contributed by atoms with Crippen LogP contribution in [0.3, 0.4) is 0 Å². The van der Waals surface area contributed by atoms with Gasteiger partial charge >= 0.3 is 0 Å². The predicted molar refractivity (Wildman–Crippen MR) is 77.0 cm³/mol. The fraction of sp³-hybridized carbons (Fsp3) is 0.867. The zero-order valence-electron chi connectivity index (χ0n) is 12.2. The fourth-order valence-electron chi connectivity index (χ4n) is 3.66. The van der Waals surface area contributed by atoms with Crippen LogP contribution in [0, 0.1) is 5.92 Å². The highest BCUT2D eigenvalue weighted by Crippen LogP contribution is 2.29. The number of nitrogens with one attached hydrogen (secondary N) is 1. The van der Waals surface area contributed by atoms with E-state index in [-0.39, 0.29) is 25.2 Å². The SMILES string of the molecule is CN[C@H](C(=O)N1CCC[C@H]1C(C)=O)C1CCCCC1.[HH]. The molecule has 4 heteroatoms. The number of hydrogen-bond acceptors (Lipinski definition) is 3. The summed E-state index contributed by atoms with van der Waals surface area (Å²) in [7, 11) is 1.87. The average Bonchev–Trinajstić information content (AvgIpc) is 2.90. The Morgan fingerprint density at radius 1 is 1.16 bits per heavy atom. The first-order chi connectivity index (χ1) is 9.15. The number of hydrogen-bond donors (Lipinski definition) is 1. The van der Waals surface area contributed by atoms with Crippen LogP contribution in [0.4, 0.5) is 0 Å². The van der Waals surface area contributed by atoms with Crippen molar-refractivity contribution in [3.05, 3.63) is 0 Å². The molecule has 2 aliphatic rings. The van der Waals surface area contributed by atoms with E-state index >= 15 is 0 Å². The third kappa shape index (κ3) is 3.16. The minimum absolute atomic E-state index is 0. The van der Waals surface area contributed by atoms with Crippen LogP contribution < -0.4 is 5.32 Å². The van der Waals surface area contributed by atoms with Gasteiger partial charge in [-0.3, -0.25) is 9.59 Å². The number of amides is 1. The third-order valence-corrected chi connectivity index (χ3v) is 4.70. The molecule has 19 heavy (non-hydrogen) atoms. The smallest absolute Gasteiger partial charge is 0.240 e. The van der Waals surface area contributed by atoms with E-state index in [0.717, 1.165) is 32.2 Å². The first kappa shape index (κ1) is 14.5. The zero-order chi connectivity index (χ0) is 13.8. The maximum absolute atomic E-state index is 12.7. The van der Waals surface area contributed by atoms with Gasteiger partial charge in [-0.15, -0.1) is 0 Å². The summed E-state index contributed by atoms with van der Waals surface area (Å²) >= 11 is 0. The molecule has 1 amide bonds. The minimum Gasteiger partial charge on any atom is -0.331 e. The van der Waals surface area contributed by atoms with Crippen molar-refractivity contribution < 1.29 is 11.0 Å². The molecule has 1 aliphatic carbocycles. The lowest BCUT2D eigenvalue weighted by Gasteiger charge is -2.33. The van der Waals surface area contributed by atoms with Crippen LogP contribution in [-0.2, 0) is 9.59 Å². The molecular formula is C15H28N2O2. The molecular weight excluding hydrogens is 240 g/mol. The Morgan fingerprint density at radius 3 is 2.42 bits per heavy atom. The summed E-state index contributed by atoms with van der Waals surface area (Å²) in [5, 5.41) is 3.21. The topological polar surface area (TPSA) is 49.4 Å². The number of carbonyl (C=O) groups excluding carboxylic acids is 2. The molecule has 0 radical (unpaired) electrons. The van der Waals surface area contributed by atoms with Gasteiger partial charge in [0.2, 0.25) is 5.91 Å². The molecule has 0 aromatic carbocycles. The van der Waals surface area contributed by atoms with E-state index in [0.29, 0.717) is 5.92 Å². The van der Waals surface area contributed by atoms with Gasteiger partial charge in [-0.25, -0.2) is 0 Å². The summed E-state index contributed by atoms with van der Waals surface area (Å²) in [5.41, 5.74) is 0. The van der Waals surface area contributed by atoms with Crippen molar-refractivity contribution in [1.29, 1.82) is 0 Å². The largest absolute Gasteiger partial charge is 0.331 e. The molecule has 2 fully saturated rings. The van der Waals surface area contributed by atoms with E-state index in [4.69, 9.17) is 0 Å². The van der Waals surface area contributed by atoms with Crippen molar-refractivity contribution in [2.24, 2.45) is 5.92 Å². The quantitative estimate of drug-likeness (QED) is 0.848. The molecule has 1 saturated carbocycles. The highest BCUT2D eigenvalue weighted by Gasteiger charge is 2.37. The zero-order valence-corrected chi connectivity index (χ0v) is 12.2. The molecule has 110 valence electrons. The Balaban J connectivity index is 0.00000200. The van der Waals surface area contributed by atoms with Crippen molar-refractivity contribution in [2.45, 2.75) is 64.0 Å². The summed E-state index contributed by atoms with van der Waals surface area (Å²) in [6.45, 7) is 2.35. The summed E-state index contributed by atoms with van der Waals surface area (Å²) < 4.78 is 0. The van der Waals surface area contributed by atoms with Crippen molar-refractivity contribution in [2.75, 3.05) is 13.6 Å². The number of rotatable bonds is 4. The van der Waals surface area contributed by atoms with E-state index in [1.165, 1.54) is 19.3 Å². The van der Waals surface area contributed by atoms with Gasteiger partial charge in [-0.1, -0.05) is 19.3 Å². The van der Waals surface area contributed by atoms with E-state index in [9.17, 15) is 9.59 Å². The summed E-state index contributed by atoms with van der Waals surface area (Å²) in [4.78, 5) is 26.2. The standard InChI is InChI=1S/C15H26N2O2.H2/c1-11(18)13-9-6-10-17(13)15(19)14(16-2)12-7-4-3-5-8-12;/h12-14,16H,3-10H2,1-2H3;1H/t13-,14-;/m0./s1. The van der Waals surface area contributed by atoms with Crippen molar-refractivity contribution in [3.63, 3.8) is 0 Å². The van der Waals surface area contributed by atoms with Gasteiger partial charge in [0.05, 0.1) is 12.1 Å². The van der Waals surface area contributed by atoms with Crippen molar-refractivity contribution in [3.8, 4) is 0 Å². The molecule has 2 rings (SSSR count). The second-order valence-electron chi connectivity index (χ2n) is 5.96. The van der Waals surface area contributed by atoms with Gasteiger partial charge < -0.3 is 10.2 Å². The molecule has 0 unspecified atom stereocenters. The Labute approximate surface area is 117 Å². The van der Waals surface area contributed by atoms with Gasteiger partial charge in [0.15, 0.2) is 5.78 Å². The van der Waals surface area contributed by atoms with Crippen LogP contribution in [0.25, 0.3) is 0 Å². The molecule has 1 saturated heterocycles. The molecule has 2 atom stereocenters. The number of Topliss-reactive ketones (excluding diaryl/α,β-unsaturated/α-hetero) is 1. The average molecular weight is 268 g/mol. The normalized spacial score (nSPS) is 26.4. The highest BCUT2D eigenvalue weighted by molar-refractivity contribution is 5.90. The summed E-state index contributed by atoms with van der Waals surface area (Å²) in [5.74, 6) is 0.718. The van der Waals surface area contributed by atoms with Gasteiger partial charge in [0.1, 0.15) is 0 Å². The molecule has 0 aromatic heterocycles. The lowest BCUT2D eigenvalue weighted by atomic mass is 9.83. The molecule has 1 aliphatic heterocycles. The minimum atomic E-state index is -0.174. The Kier molecular flexibility index (Phi) is 4.97. The van der Waals surface area contributed by atoms with E-state index in [1.54, 1.807) is 6.92 Å². The van der Waals surface area contributed by atoms with Crippen molar-refractivity contribution >= 4 is 11.7 Å². The first-order valence-corrected chi connectivity index (χ1v) is 7.63. The number of nitrogens with zero attached hydrogens (tertiary/aromatic N) is 1. The molecule has 0 aromatic rings. The predicted octanol–water partition coefficient (Wildman–Crippen LogP) is 1.98. The molecule has 0 bridgehead atoms. The van der Waals surface area contributed by atoms with E-state index < -0.39 is 0 Å². The van der Waals surface area contributed by atoms with Crippen LogP contribution in [0.2, 0.25) is 0 Å². The van der Waals surface area contributed by atoms with Crippen LogP contribution in [0.1, 0.15) is 53.3 Å². The van der Waals surface area contributed by atoms with Crippen LogP contribution >= 0.6 is 0 Å². The Bertz CT molecular complexity index is 343. The molecule has 4 nitrogen and oxygen atoms in total. The van der Waals surface area contributed by atoms with Gasteiger partial charge in [0.25, 0.3) is 0 Å². The maximum Gasteiger partial charge on any atom is 0.240 e. The maximum atomic E-state index is 12.7. The molecule has 1 heterocycles. The number of likely N-dealkylation sites (tertiary alicyclic amines) is 1. The van der Waals surface area contributed by atoms with Gasteiger partial charge in [0, 0.05) is 7.97 Å². The molecule has 0 spiro atoms. The van der Waals surface area contributed by atoms with Crippen molar-refractivity contribution in [1.82, 2.24) is 10.2 Å². The Morgan fingerprint density at radius 2 is 1.84 bits per heavy atom. The number of ketones is 1. The van der Waals surface area contributed by atoms with Crippen LogP contribution in [0.5, 0.6) is 0 Å². The second kappa shape index (κ2) is 6.51. The summed E-state index contributed by atoms with van der Waals surface area (Å²) in [6.07, 6.45) is 7.81. The lowest BCUT2D eigenvalue weighted by molar-refractivity contribution is -0.140. The lowest BCUT2D eigenvalue weighted by Crippen LogP contribution is -2.52. The van der Waals surface area contributed by atoms with Crippen LogP contribution in [0.15, 0.2) is 0 Å². The Hall–Kier alpha value is -0.900. The second-order valence-corrected chi connectivity index (χ2v) is 5.96. The third-order valence-electron chi connectivity index (χ3n) is 4.70. The number of likely N-dealkylation sites (N-methyl/N-ethyl adjacent to an activating group) is 1.